The molecule has 2 aliphatic carbocycles. The monoisotopic (exact) mass is 831 g/mol. The van der Waals surface area contributed by atoms with Gasteiger partial charge in [0.25, 0.3) is 0 Å². The van der Waals surface area contributed by atoms with Crippen LogP contribution < -0.4 is 0 Å². The van der Waals surface area contributed by atoms with Crippen LogP contribution in [0, 0.1) is 0 Å². The van der Waals surface area contributed by atoms with E-state index in [1.165, 1.54) is 55.6 Å². The highest BCUT2D eigenvalue weighted by molar-refractivity contribution is 5.98. The van der Waals surface area contributed by atoms with Gasteiger partial charge in [-0.3, -0.25) is 0 Å². The molecule has 0 N–H and O–H groups in total. The minimum atomic E-state index is -0.586. The maximum atomic E-state index is 5.35. The van der Waals surface area contributed by atoms with Crippen LogP contribution in [-0.4, -0.2) is 15.0 Å². The molecule has 3 heteroatoms. The van der Waals surface area contributed by atoms with Crippen molar-refractivity contribution in [3.63, 3.8) is 0 Å². The molecule has 0 radical (unpaired) electrons. The number of nitrogens with zero attached hydrogens (tertiary/aromatic N) is 3. The third-order valence-corrected chi connectivity index (χ3v) is 13.5. The molecule has 0 aliphatic heterocycles. The summed E-state index contributed by atoms with van der Waals surface area (Å²) in [5.41, 5.74) is 20.6. The molecule has 10 aromatic rings. The number of rotatable bonds is 5. The van der Waals surface area contributed by atoms with Gasteiger partial charge in [-0.05, 0) is 107 Å². The summed E-state index contributed by atoms with van der Waals surface area (Å²) < 4.78 is 0. The molecule has 2 aliphatic rings. The summed E-state index contributed by atoms with van der Waals surface area (Å²) in [6.45, 7) is 6.91. The molecule has 1 spiro atoms. The summed E-state index contributed by atoms with van der Waals surface area (Å²) in [4.78, 5) is 16.0. The van der Waals surface area contributed by atoms with Crippen LogP contribution in [0.3, 0.4) is 0 Å². The Morgan fingerprint density at radius 3 is 1.17 bits per heavy atom. The third kappa shape index (κ3) is 6.30. The van der Waals surface area contributed by atoms with Crippen LogP contribution in [0.15, 0.2) is 218 Å². The maximum Gasteiger partial charge on any atom is 0.164 e. The number of fused-ring (bicyclic) bond motifs is 12. The summed E-state index contributed by atoms with van der Waals surface area (Å²) in [5, 5.41) is 0. The minimum absolute atomic E-state index is 0.00188. The van der Waals surface area contributed by atoms with Crippen molar-refractivity contribution in [1.82, 2.24) is 15.0 Å². The summed E-state index contributed by atoms with van der Waals surface area (Å²) >= 11 is 0. The average Bonchev–Trinajstić information content (AvgIpc) is 3.61. The molecule has 0 saturated heterocycles. The Hall–Kier alpha value is -8.01. The van der Waals surface area contributed by atoms with E-state index in [0.717, 1.165) is 44.5 Å². The lowest BCUT2D eigenvalue weighted by atomic mass is 9.65. The predicted molar refractivity (Wildman–Crippen MR) is 267 cm³/mol. The zero-order valence-electron chi connectivity index (χ0n) is 36.6. The molecule has 65 heavy (non-hydrogen) atoms. The second kappa shape index (κ2) is 15.1. The normalized spacial score (nSPS) is 14.4. The zero-order chi connectivity index (χ0) is 43.7. The zero-order valence-corrected chi connectivity index (χ0v) is 36.6. The molecule has 0 bridgehead atoms. The number of hydrogen-bond donors (Lipinski definition) is 0. The lowest BCUT2D eigenvalue weighted by Gasteiger charge is -2.35. The second-order valence-electron chi connectivity index (χ2n) is 18.4. The van der Waals surface area contributed by atoms with Gasteiger partial charge in [0.1, 0.15) is 0 Å². The smallest absolute Gasteiger partial charge is 0.164 e. The fourth-order valence-electron chi connectivity index (χ4n) is 10.4. The predicted octanol–water partition coefficient (Wildman–Crippen LogP) is 15.5. The van der Waals surface area contributed by atoms with Crippen molar-refractivity contribution in [3.8, 4) is 89.8 Å². The molecule has 0 amide bonds. The first-order valence-corrected chi connectivity index (χ1v) is 22.5. The Morgan fingerprint density at radius 2 is 0.646 bits per heavy atom. The quantitative estimate of drug-likeness (QED) is 0.173. The lowest BCUT2D eigenvalue weighted by Crippen LogP contribution is -2.29. The largest absolute Gasteiger partial charge is 0.208 e. The number of hydrogen-bond acceptors (Lipinski definition) is 3. The fraction of sp³-hybridized carbons (Fsp3) is 0.0806. The van der Waals surface area contributed by atoms with Gasteiger partial charge in [-0.15, -0.1) is 0 Å². The van der Waals surface area contributed by atoms with Crippen molar-refractivity contribution in [2.24, 2.45) is 0 Å². The maximum absolute atomic E-state index is 5.35. The van der Waals surface area contributed by atoms with Crippen molar-refractivity contribution in [3.05, 3.63) is 246 Å². The van der Waals surface area contributed by atoms with E-state index < -0.39 is 5.41 Å². The molecule has 1 unspecified atom stereocenters. The van der Waals surface area contributed by atoms with Crippen molar-refractivity contribution < 1.29 is 0 Å². The minimum Gasteiger partial charge on any atom is -0.208 e. The third-order valence-electron chi connectivity index (χ3n) is 13.5. The standard InChI is InChI=1S/C62H45N3/c1-61(2,3)47-33-35-57-53(39-47)51-29-13-15-31-55(51)62(57)54-30-14-12-28-50(54)48-26-10-11-27-49(48)52-38-46(32-34-56(52)62)60-64-58(44-24-16-22-42(36-44)40-18-6-4-7-19-40)63-59(65-60)45-25-17-23-43(37-45)41-20-8-5-9-21-41/h4-39H,1-3H3. The van der Waals surface area contributed by atoms with Gasteiger partial charge in [0.05, 0.1) is 5.41 Å². The van der Waals surface area contributed by atoms with Crippen molar-refractivity contribution >= 4 is 0 Å². The first-order valence-electron chi connectivity index (χ1n) is 22.5. The topological polar surface area (TPSA) is 38.7 Å². The number of benzene rings is 9. The molecule has 12 rings (SSSR count). The Balaban J connectivity index is 1.11. The first-order chi connectivity index (χ1) is 31.8. The Bertz CT molecular complexity index is 3370. The number of aromatic nitrogens is 3. The summed E-state index contributed by atoms with van der Waals surface area (Å²) in [5.74, 6) is 1.87. The van der Waals surface area contributed by atoms with Crippen LogP contribution in [0.1, 0.15) is 48.6 Å². The molecule has 0 fully saturated rings. The lowest BCUT2D eigenvalue weighted by molar-refractivity contribution is 0.590. The van der Waals surface area contributed by atoms with Crippen LogP contribution >= 0.6 is 0 Å². The van der Waals surface area contributed by atoms with Crippen LogP contribution in [0.5, 0.6) is 0 Å². The van der Waals surface area contributed by atoms with Crippen molar-refractivity contribution in [1.29, 1.82) is 0 Å². The van der Waals surface area contributed by atoms with Gasteiger partial charge in [0.2, 0.25) is 0 Å². The Labute approximate surface area is 380 Å². The van der Waals surface area contributed by atoms with Gasteiger partial charge < -0.3 is 0 Å². The first kappa shape index (κ1) is 38.6. The van der Waals surface area contributed by atoms with Crippen LogP contribution in [-0.2, 0) is 10.8 Å². The molecule has 3 nitrogen and oxygen atoms in total. The van der Waals surface area contributed by atoms with Crippen LogP contribution in [0.2, 0.25) is 0 Å². The summed E-state index contributed by atoms with van der Waals surface area (Å²) in [7, 11) is 0. The fourth-order valence-corrected chi connectivity index (χ4v) is 10.4. The van der Waals surface area contributed by atoms with E-state index in [1.807, 2.05) is 12.1 Å². The van der Waals surface area contributed by atoms with Gasteiger partial charge in [-0.1, -0.05) is 221 Å². The van der Waals surface area contributed by atoms with E-state index in [0.29, 0.717) is 17.5 Å². The average molecular weight is 832 g/mol. The van der Waals surface area contributed by atoms with Crippen LogP contribution in [0.25, 0.3) is 89.8 Å². The van der Waals surface area contributed by atoms with Gasteiger partial charge in [-0.25, -0.2) is 15.0 Å². The highest BCUT2D eigenvalue weighted by Crippen LogP contribution is 2.62. The van der Waals surface area contributed by atoms with E-state index in [2.05, 4.69) is 227 Å². The molecular formula is C62H45N3. The van der Waals surface area contributed by atoms with Crippen molar-refractivity contribution in [2.75, 3.05) is 0 Å². The molecular weight excluding hydrogens is 787 g/mol. The van der Waals surface area contributed by atoms with Gasteiger partial charge in [0, 0.05) is 16.7 Å². The van der Waals surface area contributed by atoms with Gasteiger partial charge in [0.15, 0.2) is 17.5 Å². The molecule has 308 valence electrons. The molecule has 1 heterocycles. The van der Waals surface area contributed by atoms with E-state index in [4.69, 9.17) is 15.0 Å². The van der Waals surface area contributed by atoms with E-state index in [1.54, 1.807) is 0 Å². The SMILES string of the molecule is CC(C)(C)c1ccc2c(c1)-c1ccccc1C21c2ccccc2-c2ccccc2-c2cc(-c3nc(-c4cccc(-c5ccccc5)c4)nc(-c4cccc(-c5ccccc5)c4)n3)ccc21. The Kier molecular flexibility index (Phi) is 8.96. The Morgan fingerprint density at radius 1 is 0.277 bits per heavy atom. The highest BCUT2D eigenvalue weighted by Gasteiger charge is 2.50. The summed E-state index contributed by atoms with van der Waals surface area (Å²) in [6, 6.07) is 79.2. The van der Waals surface area contributed by atoms with Crippen LogP contribution in [0.4, 0.5) is 0 Å². The van der Waals surface area contributed by atoms with Gasteiger partial charge in [-0.2, -0.15) is 0 Å². The molecule has 1 aromatic heterocycles. The second-order valence-corrected chi connectivity index (χ2v) is 18.4. The van der Waals surface area contributed by atoms with E-state index in [9.17, 15) is 0 Å². The molecule has 9 aromatic carbocycles. The van der Waals surface area contributed by atoms with E-state index in [-0.39, 0.29) is 5.41 Å². The van der Waals surface area contributed by atoms with Gasteiger partial charge >= 0.3 is 0 Å². The van der Waals surface area contributed by atoms with E-state index >= 15 is 0 Å². The molecule has 0 saturated carbocycles. The molecule has 1 atom stereocenters. The highest BCUT2D eigenvalue weighted by atomic mass is 15.0. The summed E-state index contributed by atoms with van der Waals surface area (Å²) in [6.07, 6.45) is 0. The van der Waals surface area contributed by atoms with Crippen molar-refractivity contribution in [2.45, 2.75) is 31.6 Å².